The highest BCUT2D eigenvalue weighted by atomic mass is 31.2. The Morgan fingerprint density at radius 1 is 0.429 bits per heavy atom. The highest BCUT2D eigenvalue weighted by Gasteiger charge is 2.26. The number of carbonyl (C=O) groups is 2. The van der Waals surface area contributed by atoms with Gasteiger partial charge in [0.1, 0.15) is 6.61 Å². The van der Waals surface area contributed by atoms with Crippen LogP contribution in [0.1, 0.15) is 303 Å². The zero-order valence-electron chi connectivity index (χ0n) is 46.0. The predicted molar refractivity (Wildman–Crippen MR) is 298 cm³/mol. The van der Waals surface area contributed by atoms with Gasteiger partial charge in [0.05, 0.1) is 13.2 Å². The first-order valence-corrected chi connectivity index (χ1v) is 31.5. The van der Waals surface area contributed by atoms with Crippen LogP contribution in [0, 0.1) is 0 Å². The van der Waals surface area contributed by atoms with E-state index in [4.69, 9.17) is 24.3 Å². The Kier molecular flexibility index (Phi) is 55.1. The number of nitrogens with two attached hydrogens (primary N) is 1. The van der Waals surface area contributed by atoms with Crippen molar-refractivity contribution in [2.24, 2.45) is 5.73 Å². The molecule has 0 bridgehead atoms. The van der Waals surface area contributed by atoms with Crippen LogP contribution in [0.5, 0.6) is 0 Å². The molecule has 412 valence electrons. The lowest BCUT2D eigenvalue weighted by molar-refractivity contribution is -0.161. The van der Waals surface area contributed by atoms with Gasteiger partial charge in [0, 0.05) is 19.4 Å². The third kappa shape index (κ3) is 55.5. The molecular weight excluding hydrogens is 894 g/mol. The van der Waals surface area contributed by atoms with E-state index in [2.05, 4.69) is 50.3 Å². The molecule has 0 saturated heterocycles. The molecule has 2 unspecified atom stereocenters. The number of rotatable bonds is 57. The van der Waals surface area contributed by atoms with Gasteiger partial charge < -0.3 is 20.1 Å². The van der Waals surface area contributed by atoms with Crippen LogP contribution in [0.2, 0.25) is 0 Å². The fourth-order valence-corrected chi connectivity index (χ4v) is 9.59. The van der Waals surface area contributed by atoms with Crippen LogP contribution in [0.3, 0.4) is 0 Å². The normalized spacial score (nSPS) is 13.3. The molecule has 0 fully saturated rings. The van der Waals surface area contributed by atoms with E-state index < -0.39 is 26.5 Å². The molecule has 0 heterocycles. The van der Waals surface area contributed by atoms with E-state index in [0.29, 0.717) is 6.42 Å². The third-order valence-electron chi connectivity index (χ3n) is 13.3. The fraction of sp³-hybridized carbons (Fsp3) is 0.867. The average Bonchev–Trinajstić information content (AvgIpc) is 3.35. The molecule has 10 heteroatoms. The number of phosphoric ester groups is 1. The molecule has 0 aromatic carbocycles. The maximum atomic E-state index is 12.7. The van der Waals surface area contributed by atoms with Crippen LogP contribution in [-0.4, -0.2) is 49.3 Å². The van der Waals surface area contributed by atoms with Crippen LogP contribution in [0.15, 0.2) is 36.5 Å². The van der Waals surface area contributed by atoms with E-state index in [1.807, 2.05) is 0 Å². The summed E-state index contributed by atoms with van der Waals surface area (Å²) in [7, 11) is -4.38. The van der Waals surface area contributed by atoms with Crippen molar-refractivity contribution < 1.29 is 37.6 Å². The molecule has 0 aliphatic rings. The van der Waals surface area contributed by atoms with Gasteiger partial charge in [-0.15, -0.1) is 0 Å². The predicted octanol–water partition coefficient (Wildman–Crippen LogP) is 18.8. The largest absolute Gasteiger partial charge is 0.472 e. The van der Waals surface area contributed by atoms with Crippen LogP contribution in [-0.2, 0) is 32.7 Å². The molecule has 0 saturated carbocycles. The minimum absolute atomic E-state index is 0.0562. The Labute approximate surface area is 433 Å². The maximum absolute atomic E-state index is 12.7. The van der Waals surface area contributed by atoms with Crippen molar-refractivity contribution in [2.75, 3.05) is 26.4 Å². The standard InChI is InChI=1S/C60H114NO8P/c1-3-5-7-9-11-13-15-17-18-19-20-21-22-23-24-25-26-27-28-29-30-31-32-33-34-35-36-37-38-39-40-41-43-45-47-49-51-53-60(63)69-58(57-68-70(64,65)67-55-54-61)56-66-59(62)52-50-48-46-44-42-16-14-12-10-8-6-4-2/h15,17,19-20,22-23,58H,3-14,16,18,21,24-57,61H2,1-2H3,(H,64,65)/b17-15-,20-19-,23-22-. The summed E-state index contributed by atoms with van der Waals surface area (Å²) in [4.78, 5) is 35.0. The number of allylic oxidation sites excluding steroid dienone is 6. The Bertz CT molecular complexity index is 1240. The Balaban J connectivity index is 3.76. The second-order valence-electron chi connectivity index (χ2n) is 20.2. The third-order valence-corrected chi connectivity index (χ3v) is 14.3. The van der Waals surface area contributed by atoms with Crippen LogP contribution in [0.4, 0.5) is 0 Å². The second kappa shape index (κ2) is 56.5. The number of hydrogen-bond acceptors (Lipinski definition) is 8. The highest BCUT2D eigenvalue weighted by molar-refractivity contribution is 7.47. The summed E-state index contributed by atoms with van der Waals surface area (Å²) >= 11 is 0. The van der Waals surface area contributed by atoms with E-state index in [-0.39, 0.29) is 38.6 Å². The quantitative estimate of drug-likeness (QED) is 0.0264. The van der Waals surface area contributed by atoms with Gasteiger partial charge in [-0.25, -0.2) is 4.57 Å². The summed E-state index contributed by atoms with van der Waals surface area (Å²) in [5.41, 5.74) is 5.37. The van der Waals surface area contributed by atoms with Crippen molar-refractivity contribution >= 4 is 19.8 Å². The van der Waals surface area contributed by atoms with E-state index >= 15 is 0 Å². The van der Waals surface area contributed by atoms with E-state index in [1.54, 1.807) is 0 Å². The lowest BCUT2D eigenvalue weighted by Crippen LogP contribution is -2.29. The molecule has 0 aromatic rings. The van der Waals surface area contributed by atoms with Crippen molar-refractivity contribution in [1.29, 1.82) is 0 Å². The minimum atomic E-state index is -4.38. The van der Waals surface area contributed by atoms with Gasteiger partial charge >= 0.3 is 19.8 Å². The van der Waals surface area contributed by atoms with Gasteiger partial charge in [0.15, 0.2) is 6.10 Å². The summed E-state index contributed by atoms with van der Waals surface area (Å²) in [5, 5.41) is 0. The first-order valence-electron chi connectivity index (χ1n) is 30.0. The lowest BCUT2D eigenvalue weighted by Gasteiger charge is -2.19. The van der Waals surface area contributed by atoms with Crippen molar-refractivity contribution in [3.8, 4) is 0 Å². The van der Waals surface area contributed by atoms with E-state index in [9.17, 15) is 19.0 Å². The molecule has 3 N–H and O–H groups in total. The molecule has 0 aliphatic heterocycles. The number of esters is 2. The zero-order valence-corrected chi connectivity index (χ0v) is 46.9. The molecule has 0 amide bonds. The summed E-state index contributed by atoms with van der Waals surface area (Å²) in [6.07, 6.45) is 68.0. The number of hydrogen-bond donors (Lipinski definition) is 2. The molecule has 9 nitrogen and oxygen atoms in total. The van der Waals surface area contributed by atoms with E-state index in [1.165, 1.54) is 225 Å². The van der Waals surface area contributed by atoms with Crippen molar-refractivity contribution in [1.82, 2.24) is 0 Å². The van der Waals surface area contributed by atoms with Crippen molar-refractivity contribution in [3.05, 3.63) is 36.5 Å². The first-order chi connectivity index (χ1) is 34.3. The Morgan fingerprint density at radius 3 is 1.10 bits per heavy atom. The molecule has 0 aromatic heterocycles. The SMILES string of the molecule is CCCCCCC/C=C\C/C=C\C/C=C\CCCCCCCCCCCCCCCCCCCCCCCCC(=O)OC(COC(=O)CCCCCCCCCCCCCC)COP(=O)(O)OCCN. The van der Waals surface area contributed by atoms with Crippen LogP contribution in [0.25, 0.3) is 0 Å². The van der Waals surface area contributed by atoms with Gasteiger partial charge in [-0.2, -0.15) is 0 Å². The summed E-state index contributed by atoms with van der Waals surface area (Å²) < 4.78 is 33.0. The molecule has 2 atom stereocenters. The van der Waals surface area contributed by atoms with Gasteiger partial charge in [-0.1, -0.05) is 275 Å². The lowest BCUT2D eigenvalue weighted by atomic mass is 10.0. The molecule has 0 aliphatic carbocycles. The number of ether oxygens (including phenoxy) is 2. The fourth-order valence-electron chi connectivity index (χ4n) is 8.82. The molecule has 0 spiro atoms. The topological polar surface area (TPSA) is 134 Å². The summed E-state index contributed by atoms with van der Waals surface area (Å²) in [6.45, 7) is 3.76. The monoisotopic (exact) mass is 1010 g/mol. The van der Waals surface area contributed by atoms with Gasteiger partial charge in [-0.3, -0.25) is 18.6 Å². The minimum Gasteiger partial charge on any atom is -0.462 e. The smallest absolute Gasteiger partial charge is 0.462 e. The summed E-state index contributed by atoms with van der Waals surface area (Å²) in [5.74, 6) is -0.812. The van der Waals surface area contributed by atoms with E-state index in [0.717, 1.165) is 44.9 Å². The number of carbonyl (C=O) groups excluding carboxylic acids is 2. The second-order valence-corrected chi connectivity index (χ2v) is 21.7. The molecule has 70 heavy (non-hydrogen) atoms. The van der Waals surface area contributed by atoms with Crippen LogP contribution < -0.4 is 5.73 Å². The highest BCUT2D eigenvalue weighted by Crippen LogP contribution is 2.43. The Morgan fingerprint density at radius 2 is 0.743 bits per heavy atom. The average molecular weight is 1010 g/mol. The Hall–Kier alpha value is -1.77. The molecular formula is C60H114NO8P. The molecule has 0 rings (SSSR count). The van der Waals surface area contributed by atoms with Gasteiger partial charge in [-0.05, 0) is 51.4 Å². The van der Waals surface area contributed by atoms with Crippen molar-refractivity contribution in [3.63, 3.8) is 0 Å². The summed E-state index contributed by atoms with van der Waals surface area (Å²) in [6, 6.07) is 0. The van der Waals surface area contributed by atoms with Gasteiger partial charge in [0.2, 0.25) is 0 Å². The number of phosphoric acid groups is 1. The van der Waals surface area contributed by atoms with Gasteiger partial charge in [0.25, 0.3) is 0 Å². The molecule has 0 radical (unpaired) electrons. The van der Waals surface area contributed by atoms with Crippen LogP contribution >= 0.6 is 7.82 Å². The van der Waals surface area contributed by atoms with Crippen molar-refractivity contribution in [2.45, 2.75) is 309 Å². The number of unbranched alkanes of at least 4 members (excludes halogenated alkanes) is 38. The zero-order chi connectivity index (χ0) is 51.0. The first kappa shape index (κ1) is 68.2. The maximum Gasteiger partial charge on any atom is 0.472 e.